The summed E-state index contributed by atoms with van der Waals surface area (Å²) in [5, 5.41) is 9.15. The Hall–Kier alpha value is -2.49. The van der Waals surface area contributed by atoms with Crippen molar-refractivity contribution in [3.63, 3.8) is 0 Å². The van der Waals surface area contributed by atoms with Crippen molar-refractivity contribution in [2.75, 3.05) is 18.0 Å². The predicted octanol–water partition coefficient (Wildman–Crippen LogP) is 5.10. The van der Waals surface area contributed by atoms with Gasteiger partial charge in [-0.2, -0.15) is 0 Å². The molecule has 0 atom stereocenters. The van der Waals surface area contributed by atoms with Gasteiger partial charge in [-0.25, -0.2) is 0 Å². The lowest BCUT2D eigenvalue weighted by Gasteiger charge is -2.39. The van der Waals surface area contributed by atoms with E-state index in [0.717, 1.165) is 24.3 Å². The van der Waals surface area contributed by atoms with Crippen LogP contribution in [0.2, 0.25) is 0 Å². The molecule has 148 valence electrons. The van der Waals surface area contributed by atoms with Gasteiger partial charge in [-0.3, -0.25) is 4.79 Å². The fourth-order valence-corrected chi connectivity index (χ4v) is 4.10. The second-order valence-corrected chi connectivity index (χ2v) is 9.05. The molecule has 0 radical (unpaired) electrons. The summed E-state index contributed by atoms with van der Waals surface area (Å²) in [5.74, 6) is 0.479. The summed E-state index contributed by atoms with van der Waals surface area (Å²) in [6.45, 7) is 9.90. The number of ether oxygens (including phenoxy) is 1. The normalized spacial score (nSPS) is 18.4. The molecule has 2 aromatic carbocycles. The van der Waals surface area contributed by atoms with Gasteiger partial charge < -0.3 is 14.7 Å². The van der Waals surface area contributed by atoms with Crippen LogP contribution in [0.4, 0.5) is 5.69 Å². The molecule has 1 N–H and O–H groups in total. The Morgan fingerprint density at radius 3 is 2.64 bits per heavy atom. The molecule has 0 aliphatic carbocycles. The van der Waals surface area contributed by atoms with Crippen LogP contribution in [0.5, 0.6) is 5.75 Å². The number of aliphatic carboxylic acids is 1. The third-order valence-electron chi connectivity index (χ3n) is 6.01. The summed E-state index contributed by atoms with van der Waals surface area (Å²) < 4.78 is 6.35. The molecule has 1 saturated heterocycles. The molecule has 0 saturated carbocycles. The zero-order valence-electron chi connectivity index (χ0n) is 17.2. The van der Waals surface area contributed by atoms with E-state index in [1.165, 1.54) is 22.3 Å². The van der Waals surface area contributed by atoms with Crippen molar-refractivity contribution in [2.45, 2.75) is 52.1 Å². The van der Waals surface area contributed by atoms with Crippen LogP contribution in [0.25, 0.3) is 11.1 Å². The van der Waals surface area contributed by atoms with Gasteiger partial charge in [0.15, 0.2) is 0 Å². The summed E-state index contributed by atoms with van der Waals surface area (Å²) in [6, 6.07) is 13.0. The van der Waals surface area contributed by atoms with Gasteiger partial charge in [0.05, 0.1) is 5.92 Å². The summed E-state index contributed by atoms with van der Waals surface area (Å²) in [5.41, 5.74) is 5.95. The molecule has 2 aromatic rings. The van der Waals surface area contributed by atoms with E-state index in [4.69, 9.17) is 9.84 Å². The third-order valence-corrected chi connectivity index (χ3v) is 6.01. The molecule has 2 aliphatic rings. The molecule has 4 rings (SSSR count). The topological polar surface area (TPSA) is 49.8 Å². The smallest absolute Gasteiger partial charge is 0.310 e. The molecule has 0 unspecified atom stereocenters. The number of carboxylic acids is 1. The lowest BCUT2D eigenvalue weighted by atomic mass is 9.86. The second kappa shape index (κ2) is 6.84. The zero-order valence-corrected chi connectivity index (χ0v) is 17.2. The Morgan fingerprint density at radius 1 is 1.21 bits per heavy atom. The van der Waals surface area contributed by atoms with E-state index >= 15 is 0 Å². The first-order valence-corrected chi connectivity index (χ1v) is 10.2. The van der Waals surface area contributed by atoms with Crippen LogP contribution in [0.3, 0.4) is 0 Å². The summed E-state index contributed by atoms with van der Waals surface area (Å²) in [6.07, 6.45) is 2.01. The van der Waals surface area contributed by atoms with Crippen molar-refractivity contribution in [3.8, 4) is 16.9 Å². The first-order chi connectivity index (χ1) is 13.2. The maximum absolute atomic E-state index is 11.1. The van der Waals surface area contributed by atoms with Gasteiger partial charge >= 0.3 is 5.97 Å². The van der Waals surface area contributed by atoms with E-state index in [0.29, 0.717) is 19.0 Å². The minimum absolute atomic E-state index is 0.134. The Labute approximate surface area is 167 Å². The maximum atomic E-state index is 11.1. The van der Waals surface area contributed by atoms with Crippen LogP contribution < -0.4 is 9.64 Å². The monoisotopic (exact) mass is 379 g/mol. The molecule has 0 amide bonds. The Bertz CT molecular complexity index is 910. The molecule has 0 spiro atoms. The molecule has 2 heterocycles. The van der Waals surface area contributed by atoms with Crippen molar-refractivity contribution in [2.24, 2.45) is 5.92 Å². The molecule has 4 heteroatoms. The van der Waals surface area contributed by atoms with Crippen molar-refractivity contribution >= 4 is 11.7 Å². The molecule has 1 fully saturated rings. The van der Waals surface area contributed by atoms with Gasteiger partial charge in [0.2, 0.25) is 0 Å². The number of hydrogen-bond donors (Lipinski definition) is 1. The van der Waals surface area contributed by atoms with Crippen molar-refractivity contribution in [1.82, 2.24) is 0 Å². The first kappa shape index (κ1) is 18.9. The van der Waals surface area contributed by atoms with Gasteiger partial charge in [0.1, 0.15) is 11.4 Å². The Balaban J connectivity index is 1.72. The Kier molecular flexibility index (Phi) is 4.60. The van der Waals surface area contributed by atoms with Crippen LogP contribution in [-0.2, 0) is 11.2 Å². The second-order valence-electron chi connectivity index (χ2n) is 9.05. The van der Waals surface area contributed by atoms with Gasteiger partial charge in [-0.1, -0.05) is 32.0 Å². The fraction of sp³-hybridized carbons (Fsp3) is 0.458. The van der Waals surface area contributed by atoms with E-state index in [9.17, 15) is 4.79 Å². The number of hydrogen-bond acceptors (Lipinski definition) is 3. The van der Waals surface area contributed by atoms with E-state index in [2.05, 4.69) is 69.0 Å². The SMILES string of the molecule is CC(C)c1cc2c(c(-c3cccc(N4CC(C(=O)O)C4)c3)c1)CCC(C)(C)O2. The number of carbonyl (C=O) groups is 1. The van der Waals surface area contributed by atoms with Crippen molar-refractivity contribution < 1.29 is 14.6 Å². The first-order valence-electron chi connectivity index (χ1n) is 10.2. The van der Waals surface area contributed by atoms with Gasteiger partial charge in [0.25, 0.3) is 0 Å². The number of nitrogens with zero attached hydrogens (tertiary/aromatic N) is 1. The highest BCUT2D eigenvalue weighted by molar-refractivity contribution is 5.77. The number of benzene rings is 2. The molecule has 28 heavy (non-hydrogen) atoms. The molecule has 0 bridgehead atoms. The molecule has 2 aliphatic heterocycles. The van der Waals surface area contributed by atoms with Gasteiger partial charge in [0, 0.05) is 24.3 Å². The standard InChI is InChI=1S/C24H29NO3/c1-15(2)17-11-21(20-8-9-24(3,4)28-22(20)12-17)16-6-5-7-19(10-16)25-13-18(14-25)23(26)27/h5-7,10-12,15,18H,8-9,13-14H2,1-4H3,(H,26,27). The van der Waals surface area contributed by atoms with E-state index in [1.807, 2.05) is 0 Å². The highest BCUT2D eigenvalue weighted by Crippen LogP contribution is 2.42. The van der Waals surface area contributed by atoms with Crippen LogP contribution >= 0.6 is 0 Å². The van der Waals surface area contributed by atoms with E-state index in [-0.39, 0.29) is 11.5 Å². The number of fused-ring (bicyclic) bond motifs is 1. The summed E-state index contributed by atoms with van der Waals surface area (Å²) in [4.78, 5) is 13.3. The number of rotatable bonds is 4. The van der Waals surface area contributed by atoms with Gasteiger partial charge in [-0.05, 0) is 67.5 Å². The Morgan fingerprint density at radius 2 is 1.96 bits per heavy atom. The van der Waals surface area contributed by atoms with Crippen LogP contribution in [0.1, 0.15) is 51.2 Å². The van der Waals surface area contributed by atoms with Crippen LogP contribution in [0.15, 0.2) is 36.4 Å². The largest absolute Gasteiger partial charge is 0.488 e. The number of carboxylic acid groups (broad SMARTS) is 1. The van der Waals surface area contributed by atoms with E-state index in [1.54, 1.807) is 0 Å². The zero-order chi connectivity index (χ0) is 20.1. The lowest BCUT2D eigenvalue weighted by molar-refractivity contribution is -0.142. The fourth-order valence-electron chi connectivity index (χ4n) is 4.10. The van der Waals surface area contributed by atoms with Crippen molar-refractivity contribution in [3.05, 3.63) is 47.5 Å². The maximum Gasteiger partial charge on any atom is 0.310 e. The quantitative estimate of drug-likeness (QED) is 0.803. The lowest BCUT2D eigenvalue weighted by Crippen LogP contribution is -2.50. The minimum Gasteiger partial charge on any atom is -0.488 e. The minimum atomic E-state index is -0.703. The molecular weight excluding hydrogens is 350 g/mol. The van der Waals surface area contributed by atoms with E-state index < -0.39 is 5.97 Å². The highest BCUT2D eigenvalue weighted by atomic mass is 16.5. The molecule has 0 aromatic heterocycles. The average molecular weight is 380 g/mol. The molecule has 4 nitrogen and oxygen atoms in total. The van der Waals surface area contributed by atoms with Gasteiger partial charge in [-0.15, -0.1) is 0 Å². The average Bonchev–Trinajstić information content (AvgIpc) is 2.58. The predicted molar refractivity (Wildman–Crippen MR) is 112 cm³/mol. The number of anilines is 1. The van der Waals surface area contributed by atoms with Crippen LogP contribution in [0, 0.1) is 5.92 Å². The van der Waals surface area contributed by atoms with Crippen LogP contribution in [-0.4, -0.2) is 29.8 Å². The molecular formula is C24H29NO3. The van der Waals surface area contributed by atoms with Crippen molar-refractivity contribution in [1.29, 1.82) is 0 Å². The highest BCUT2D eigenvalue weighted by Gasteiger charge is 2.33. The third kappa shape index (κ3) is 3.48. The summed E-state index contributed by atoms with van der Waals surface area (Å²) in [7, 11) is 0. The summed E-state index contributed by atoms with van der Waals surface area (Å²) >= 11 is 0.